The van der Waals surface area contributed by atoms with Crippen molar-refractivity contribution in [3.05, 3.63) is 34.5 Å². The number of allylic oxidation sites excluding steroid dienone is 2. The van der Waals surface area contributed by atoms with Crippen LogP contribution < -0.4 is 0 Å². The highest BCUT2D eigenvalue weighted by Gasteiger charge is 2.73. The summed E-state index contributed by atoms with van der Waals surface area (Å²) in [5, 5.41) is 0. The smallest absolute Gasteiger partial charge is 0.185 e. The van der Waals surface area contributed by atoms with Gasteiger partial charge in [-0.05, 0) is 143 Å². The highest BCUT2D eigenvalue weighted by Crippen LogP contribution is 2.73. The van der Waals surface area contributed by atoms with Crippen molar-refractivity contribution in [1.29, 1.82) is 0 Å². The molecule has 6 saturated carbocycles. The summed E-state index contributed by atoms with van der Waals surface area (Å²) in [6.07, 6.45) is 48.3. The number of hydrogen-bond donors (Lipinski definition) is 0. The van der Waals surface area contributed by atoms with Crippen molar-refractivity contribution in [2.75, 3.05) is 0 Å². The molecule has 0 N–H and O–H groups in total. The van der Waals surface area contributed by atoms with Gasteiger partial charge in [0.25, 0.3) is 0 Å². The van der Waals surface area contributed by atoms with Crippen molar-refractivity contribution in [2.45, 2.75) is 235 Å². The van der Waals surface area contributed by atoms with Gasteiger partial charge in [0.05, 0.1) is 0 Å². The Bertz CT molecular complexity index is 1540. The molecule has 2 nitrogen and oxygen atoms in total. The van der Waals surface area contributed by atoms with Crippen LogP contribution in [0.25, 0.3) is 0 Å². The van der Waals surface area contributed by atoms with E-state index in [1.165, 1.54) is 154 Å². The first-order valence-corrected chi connectivity index (χ1v) is 25.3. The van der Waals surface area contributed by atoms with Crippen LogP contribution in [0.3, 0.4) is 0 Å². The molecule has 10 unspecified atom stereocenters. The lowest BCUT2D eigenvalue weighted by Gasteiger charge is -2.63. The molecule has 294 valence electrons. The van der Waals surface area contributed by atoms with Crippen LogP contribution in [0.5, 0.6) is 0 Å². The molecule has 1 spiro atoms. The Balaban J connectivity index is 1.06. The predicted molar refractivity (Wildman–Crippen MR) is 225 cm³/mol. The fraction of sp³-hybridized carbons (Fsp3) is 0.882. The molecule has 12 rings (SSSR count). The van der Waals surface area contributed by atoms with Crippen molar-refractivity contribution in [3.8, 4) is 0 Å². The molecule has 0 amide bonds. The molecule has 4 heterocycles. The Kier molecular flexibility index (Phi) is 8.62. The second-order valence-corrected chi connectivity index (χ2v) is 23.1. The number of hydrogen-bond acceptors (Lipinski definition) is 2. The van der Waals surface area contributed by atoms with Gasteiger partial charge >= 0.3 is 0 Å². The van der Waals surface area contributed by atoms with Crippen molar-refractivity contribution in [1.82, 2.24) is 9.80 Å². The molecule has 4 aliphatic heterocycles. The van der Waals surface area contributed by atoms with Crippen molar-refractivity contribution >= 4 is 6.71 Å². The molecule has 0 radical (unpaired) electrons. The van der Waals surface area contributed by atoms with E-state index in [0.717, 1.165) is 77.9 Å². The van der Waals surface area contributed by atoms with Crippen molar-refractivity contribution in [2.24, 2.45) is 46.8 Å². The molecule has 9 fully saturated rings. The lowest BCUT2D eigenvalue weighted by Crippen LogP contribution is -2.67. The van der Waals surface area contributed by atoms with Gasteiger partial charge in [0.15, 0.2) is 6.71 Å². The lowest BCUT2D eigenvalue weighted by molar-refractivity contribution is -0.00308. The van der Waals surface area contributed by atoms with Crippen LogP contribution in [0.1, 0.15) is 194 Å². The molecule has 3 heteroatoms. The summed E-state index contributed by atoms with van der Waals surface area (Å²) >= 11 is 0. The molecule has 0 bridgehead atoms. The summed E-state index contributed by atoms with van der Waals surface area (Å²) in [4.78, 5) is 6.78. The van der Waals surface area contributed by atoms with Crippen LogP contribution >= 0.6 is 0 Å². The number of nitrogens with zero attached hydrogens (tertiary/aromatic N) is 2. The predicted octanol–water partition coefficient (Wildman–Crippen LogP) is 13.1. The van der Waals surface area contributed by atoms with E-state index in [4.69, 9.17) is 0 Å². The molecule has 12 aliphatic rings. The Morgan fingerprint density at radius 3 is 2.00 bits per heavy atom. The molecule has 0 aromatic rings. The van der Waals surface area contributed by atoms with E-state index in [1.54, 1.807) is 25.7 Å². The van der Waals surface area contributed by atoms with Gasteiger partial charge in [0, 0.05) is 41.3 Å². The van der Waals surface area contributed by atoms with E-state index < -0.39 is 0 Å². The SMILES string of the molecule is CC1(C)N2C3CC(C4CCCCC4)=CC4=C3B(C3CC(C5CCCCC5)=CC5C6CCCCC6N4C35)C3CC(C4CCCCC4)CC(C32)C12CCCCC2. The highest BCUT2D eigenvalue weighted by atomic mass is 15.3. The first-order chi connectivity index (χ1) is 26.5. The fourth-order valence-corrected chi connectivity index (χ4v) is 19.2. The quantitative estimate of drug-likeness (QED) is 0.211. The van der Waals surface area contributed by atoms with E-state index in [9.17, 15) is 0 Å². The van der Waals surface area contributed by atoms with Gasteiger partial charge in [0.1, 0.15) is 0 Å². The maximum absolute atomic E-state index is 3.46. The third-order valence-corrected chi connectivity index (χ3v) is 21.2. The van der Waals surface area contributed by atoms with E-state index >= 15 is 0 Å². The normalized spacial score (nSPS) is 44.7. The third-order valence-electron chi connectivity index (χ3n) is 21.2. The van der Waals surface area contributed by atoms with Gasteiger partial charge < -0.3 is 4.90 Å². The van der Waals surface area contributed by atoms with Crippen LogP contribution in [-0.2, 0) is 0 Å². The first kappa shape index (κ1) is 35.0. The molecule has 10 atom stereocenters. The number of fused-ring (bicyclic) bond motifs is 8. The van der Waals surface area contributed by atoms with Gasteiger partial charge in [-0.25, -0.2) is 0 Å². The van der Waals surface area contributed by atoms with Crippen LogP contribution in [0.15, 0.2) is 34.5 Å². The summed E-state index contributed by atoms with van der Waals surface area (Å²) in [5.74, 6) is 8.30. The van der Waals surface area contributed by atoms with Crippen molar-refractivity contribution < 1.29 is 0 Å². The molecule has 3 saturated heterocycles. The van der Waals surface area contributed by atoms with Crippen LogP contribution in [0.4, 0.5) is 0 Å². The molecule has 0 aromatic heterocycles. The van der Waals surface area contributed by atoms with Gasteiger partial charge in [-0.1, -0.05) is 132 Å². The Morgan fingerprint density at radius 2 is 1.26 bits per heavy atom. The topological polar surface area (TPSA) is 6.48 Å². The average molecular weight is 729 g/mol. The maximum atomic E-state index is 3.46. The standard InChI is InChI=1S/C51H77BN2/c1-50(2)51(25-15-6-16-26-51)41-28-37(34-19-9-4-10-20-34)30-43-49(41)54(50)46-32-38(35-21-11-5-12-22-35)31-45-47(46)52(43)42-29-36(33-17-7-3-8-18-33)27-40-39-23-13-14-24-44(39)53(45)48(40)42/h27,31,33-35,37,39-44,46,48-49H,3-26,28-30,32H2,1-2H3. The zero-order valence-electron chi connectivity index (χ0n) is 34.9. The molecular formula is C51H77BN2. The number of rotatable bonds is 3. The molecular weight excluding hydrogens is 651 g/mol. The second-order valence-electron chi connectivity index (χ2n) is 23.1. The fourth-order valence-electron chi connectivity index (χ4n) is 19.2. The van der Waals surface area contributed by atoms with Gasteiger partial charge in [0.2, 0.25) is 0 Å². The first-order valence-electron chi connectivity index (χ1n) is 25.3. The van der Waals surface area contributed by atoms with Gasteiger partial charge in [-0.2, -0.15) is 0 Å². The second kappa shape index (κ2) is 13.3. The van der Waals surface area contributed by atoms with Gasteiger partial charge in [-0.15, -0.1) is 0 Å². The van der Waals surface area contributed by atoms with Crippen LogP contribution in [-0.4, -0.2) is 46.2 Å². The monoisotopic (exact) mass is 729 g/mol. The molecule has 54 heavy (non-hydrogen) atoms. The molecule has 0 aromatic carbocycles. The zero-order chi connectivity index (χ0) is 35.8. The van der Waals surface area contributed by atoms with E-state index in [0.29, 0.717) is 17.0 Å². The van der Waals surface area contributed by atoms with Crippen LogP contribution in [0.2, 0.25) is 11.6 Å². The summed E-state index contributed by atoms with van der Waals surface area (Å²) in [7, 11) is 0. The van der Waals surface area contributed by atoms with Crippen LogP contribution in [0, 0.1) is 46.8 Å². The minimum absolute atomic E-state index is 0.308. The van der Waals surface area contributed by atoms with E-state index in [2.05, 4.69) is 41.3 Å². The summed E-state index contributed by atoms with van der Waals surface area (Å²) in [6, 6.07) is 3.15. The highest BCUT2D eigenvalue weighted by molar-refractivity contribution is 6.71. The average Bonchev–Trinajstić information content (AvgIpc) is 3.66. The largest absolute Gasteiger partial charge is 0.366 e. The van der Waals surface area contributed by atoms with E-state index in [1.807, 2.05) is 16.8 Å². The van der Waals surface area contributed by atoms with Crippen molar-refractivity contribution in [3.63, 3.8) is 0 Å². The molecule has 8 aliphatic carbocycles. The Hall–Kier alpha value is -0.955. The van der Waals surface area contributed by atoms with Gasteiger partial charge in [-0.3, -0.25) is 4.90 Å². The minimum Gasteiger partial charge on any atom is -0.366 e. The Morgan fingerprint density at radius 1 is 0.611 bits per heavy atom. The van der Waals surface area contributed by atoms with E-state index in [-0.39, 0.29) is 0 Å². The third kappa shape index (κ3) is 4.93. The summed E-state index contributed by atoms with van der Waals surface area (Å²) < 4.78 is 0. The summed E-state index contributed by atoms with van der Waals surface area (Å²) in [6.45, 7) is 6.58. The minimum atomic E-state index is 0.308. The lowest BCUT2D eigenvalue weighted by atomic mass is 9.21. The Labute approximate surface area is 331 Å². The summed E-state index contributed by atoms with van der Waals surface area (Å²) in [5.41, 5.74) is 8.76. The maximum Gasteiger partial charge on any atom is 0.185 e. The zero-order valence-corrected chi connectivity index (χ0v) is 34.9.